The van der Waals surface area contributed by atoms with E-state index in [0.717, 1.165) is 24.0 Å². The van der Waals surface area contributed by atoms with Crippen molar-refractivity contribution in [3.05, 3.63) is 35.5 Å². The number of rotatable bonds is 3. The van der Waals surface area contributed by atoms with Gasteiger partial charge in [0.25, 0.3) is 0 Å². The van der Waals surface area contributed by atoms with Crippen molar-refractivity contribution < 1.29 is 0 Å². The summed E-state index contributed by atoms with van der Waals surface area (Å²) in [6.07, 6.45) is 4.25. The monoisotopic (exact) mass is 260 g/mol. The van der Waals surface area contributed by atoms with E-state index in [1.165, 1.54) is 18.5 Å². The van der Waals surface area contributed by atoms with Gasteiger partial charge in [-0.3, -0.25) is 0 Å². The van der Waals surface area contributed by atoms with Crippen LogP contribution >= 0.6 is 11.3 Å². The molecule has 3 rings (SSSR count). The molecule has 0 saturated carbocycles. The third kappa shape index (κ3) is 2.68. The van der Waals surface area contributed by atoms with Gasteiger partial charge < -0.3 is 10.6 Å². The number of anilines is 2. The Morgan fingerprint density at radius 3 is 3.17 bits per heavy atom. The lowest BCUT2D eigenvalue weighted by Gasteiger charge is -2.22. The number of pyridine rings is 1. The highest BCUT2D eigenvalue weighted by atomic mass is 32.1. The number of thiazole rings is 1. The summed E-state index contributed by atoms with van der Waals surface area (Å²) in [5.74, 6) is 1.42. The summed E-state index contributed by atoms with van der Waals surface area (Å²) in [6.45, 7) is 2.17. The summed E-state index contributed by atoms with van der Waals surface area (Å²) >= 11 is 1.58. The fourth-order valence-electron chi connectivity index (χ4n) is 2.25. The molecule has 0 radical (unpaired) electrons. The van der Waals surface area contributed by atoms with Gasteiger partial charge in [0, 0.05) is 29.7 Å². The van der Waals surface area contributed by atoms with E-state index in [0.29, 0.717) is 5.92 Å². The summed E-state index contributed by atoms with van der Waals surface area (Å²) in [5.41, 5.74) is 1.17. The maximum atomic E-state index is 4.69. The normalized spacial score (nSPS) is 19.7. The van der Waals surface area contributed by atoms with Gasteiger partial charge in [-0.25, -0.2) is 9.97 Å². The fourth-order valence-corrected chi connectivity index (χ4v) is 2.78. The average Bonchev–Trinajstić information content (AvgIpc) is 2.93. The molecule has 0 bridgehead atoms. The van der Waals surface area contributed by atoms with Gasteiger partial charge in [-0.2, -0.15) is 0 Å². The van der Waals surface area contributed by atoms with Gasteiger partial charge in [0.2, 0.25) is 0 Å². The number of nitrogens with zero attached hydrogens (tertiary/aromatic N) is 2. The molecule has 1 fully saturated rings. The molecule has 94 valence electrons. The lowest BCUT2D eigenvalue weighted by Crippen LogP contribution is -2.28. The van der Waals surface area contributed by atoms with E-state index < -0.39 is 0 Å². The number of hydrogen-bond acceptors (Lipinski definition) is 5. The quantitative estimate of drug-likeness (QED) is 0.891. The minimum atomic E-state index is 0.539. The Morgan fingerprint density at radius 2 is 2.39 bits per heavy atom. The van der Waals surface area contributed by atoms with Crippen LogP contribution in [0.5, 0.6) is 0 Å². The number of piperidine rings is 1. The third-order valence-electron chi connectivity index (χ3n) is 3.15. The van der Waals surface area contributed by atoms with E-state index in [2.05, 4.69) is 32.7 Å². The van der Waals surface area contributed by atoms with Crippen LogP contribution in [0.25, 0.3) is 0 Å². The van der Waals surface area contributed by atoms with Crippen LogP contribution in [0.4, 0.5) is 10.9 Å². The zero-order valence-corrected chi connectivity index (χ0v) is 10.9. The van der Waals surface area contributed by atoms with Crippen molar-refractivity contribution in [1.82, 2.24) is 15.3 Å². The van der Waals surface area contributed by atoms with Gasteiger partial charge in [-0.05, 0) is 31.5 Å². The molecule has 0 spiro atoms. The maximum absolute atomic E-state index is 4.69. The predicted octanol–water partition coefficient (Wildman–Crippen LogP) is 2.75. The standard InChI is InChI=1S/C13H16N4S/c1-4-11(10-3-2-6-14-9-10)16-12(5-1)17-13-15-7-8-18-13/h1,4-5,7-8,10,14H,2-3,6,9H2,(H,15,16,17). The average molecular weight is 260 g/mol. The van der Waals surface area contributed by atoms with Gasteiger partial charge in [0.15, 0.2) is 5.13 Å². The molecular formula is C13H16N4S. The molecule has 1 atom stereocenters. The molecule has 1 aliphatic rings. The van der Waals surface area contributed by atoms with Crippen molar-refractivity contribution in [2.45, 2.75) is 18.8 Å². The summed E-state index contributed by atoms with van der Waals surface area (Å²) in [4.78, 5) is 8.90. The van der Waals surface area contributed by atoms with E-state index >= 15 is 0 Å². The Balaban J connectivity index is 1.76. The van der Waals surface area contributed by atoms with Crippen LogP contribution in [-0.2, 0) is 0 Å². The van der Waals surface area contributed by atoms with E-state index in [1.54, 1.807) is 17.5 Å². The molecule has 1 aliphatic heterocycles. The maximum Gasteiger partial charge on any atom is 0.188 e. The van der Waals surface area contributed by atoms with Crippen molar-refractivity contribution in [3.8, 4) is 0 Å². The molecule has 18 heavy (non-hydrogen) atoms. The first-order valence-electron chi connectivity index (χ1n) is 6.26. The van der Waals surface area contributed by atoms with Crippen LogP contribution in [0, 0.1) is 0 Å². The van der Waals surface area contributed by atoms with Crippen molar-refractivity contribution in [2.24, 2.45) is 0 Å². The topological polar surface area (TPSA) is 49.8 Å². The molecule has 0 amide bonds. The first-order chi connectivity index (χ1) is 8.92. The summed E-state index contributed by atoms with van der Waals surface area (Å²) in [7, 11) is 0. The van der Waals surface area contributed by atoms with Crippen molar-refractivity contribution in [2.75, 3.05) is 18.4 Å². The smallest absolute Gasteiger partial charge is 0.188 e. The van der Waals surface area contributed by atoms with Gasteiger partial charge >= 0.3 is 0 Å². The first kappa shape index (κ1) is 11.6. The van der Waals surface area contributed by atoms with E-state index in [1.807, 2.05) is 11.4 Å². The predicted molar refractivity (Wildman–Crippen MR) is 74.5 cm³/mol. The fraction of sp³-hybridized carbons (Fsp3) is 0.385. The Bertz CT molecular complexity index is 491. The van der Waals surface area contributed by atoms with Crippen LogP contribution in [0.2, 0.25) is 0 Å². The molecule has 3 heterocycles. The summed E-state index contributed by atoms with van der Waals surface area (Å²) in [6, 6.07) is 6.17. The molecule has 1 saturated heterocycles. The van der Waals surface area contributed by atoms with Gasteiger partial charge in [-0.15, -0.1) is 11.3 Å². The highest BCUT2D eigenvalue weighted by molar-refractivity contribution is 7.13. The lowest BCUT2D eigenvalue weighted by molar-refractivity contribution is 0.455. The zero-order chi connectivity index (χ0) is 12.2. The van der Waals surface area contributed by atoms with Crippen LogP contribution < -0.4 is 10.6 Å². The second-order valence-electron chi connectivity index (χ2n) is 4.45. The molecule has 4 nitrogen and oxygen atoms in total. The lowest BCUT2D eigenvalue weighted by atomic mass is 9.96. The van der Waals surface area contributed by atoms with Crippen molar-refractivity contribution in [3.63, 3.8) is 0 Å². The van der Waals surface area contributed by atoms with Crippen molar-refractivity contribution >= 4 is 22.3 Å². The van der Waals surface area contributed by atoms with E-state index in [9.17, 15) is 0 Å². The Morgan fingerprint density at radius 1 is 1.39 bits per heavy atom. The Labute approximate surface area is 110 Å². The second-order valence-corrected chi connectivity index (χ2v) is 5.35. The van der Waals surface area contributed by atoms with Gasteiger partial charge in [-0.1, -0.05) is 6.07 Å². The number of aromatic nitrogens is 2. The van der Waals surface area contributed by atoms with Crippen LogP contribution in [0.15, 0.2) is 29.8 Å². The molecule has 0 aliphatic carbocycles. The van der Waals surface area contributed by atoms with Crippen LogP contribution in [0.3, 0.4) is 0 Å². The van der Waals surface area contributed by atoms with Gasteiger partial charge in [0.05, 0.1) is 0 Å². The molecule has 2 aromatic heterocycles. The summed E-state index contributed by atoms with van der Waals surface area (Å²) < 4.78 is 0. The second kappa shape index (κ2) is 5.46. The van der Waals surface area contributed by atoms with Crippen LogP contribution in [0.1, 0.15) is 24.5 Å². The molecular weight excluding hydrogens is 244 g/mol. The number of hydrogen-bond donors (Lipinski definition) is 2. The van der Waals surface area contributed by atoms with Crippen LogP contribution in [-0.4, -0.2) is 23.1 Å². The third-order valence-corrected chi connectivity index (χ3v) is 3.84. The zero-order valence-electron chi connectivity index (χ0n) is 10.1. The molecule has 5 heteroatoms. The molecule has 2 N–H and O–H groups in total. The number of nitrogens with one attached hydrogen (secondary N) is 2. The SMILES string of the molecule is c1cc(Nc2nccs2)nc(C2CCCNC2)c1. The van der Waals surface area contributed by atoms with E-state index in [4.69, 9.17) is 0 Å². The first-order valence-corrected chi connectivity index (χ1v) is 7.14. The minimum absolute atomic E-state index is 0.539. The summed E-state index contributed by atoms with van der Waals surface area (Å²) in [5, 5.41) is 9.51. The minimum Gasteiger partial charge on any atom is -0.316 e. The highest BCUT2D eigenvalue weighted by Gasteiger charge is 2.16. The van der Waals surface area contributed by atoms with Crippen molar-refractivity contribution in [1.29, 1.82) is 0 Å². The Kier molecular flexibility index (Phi) is 3.52. The molecule has 1 unspecified atom stereocenters. The largest absolute Gasteiger partial charge is 0.316 e. The highest BCUT2D eigenvalue weighted by Crippen LogP contribution is 2.24. The molecule has 2 aromatic rings. The van der Waals surface area contributed by atoms with E-state index in [-0.39, 0.29) is 0 Å². The molecule has 0 aromatic carbocycles. The Hall–Kier alpha value is -1.46. The van der Waals surface area contributed by atoms with Gasteiger partial charge in [0.1, 0.15) is 5.82 Å².